The average Bonchev–Trinajstić information content (AvgIpc) is 2.48. The maximum atomic E-state index is 11.4. The molecule has 4 heteroatoms. The number of ether oxygens (including phenoxy) is 1. The van der Waals surface area contributed by atoms with E-state index in [2.05, 4.69) is 5.32 Å². The largest absolute Gasteiger partial charge is 0.444 e. The van der Waals surface area contributed by atoms with E-state index in [-0.39, 0.29) is 18.6 Å². The number of amides is 1. The Balaban J connectivity index is 2.32. The summed E-state index contributed by atoms with van der Waals surface area (Å²) in [7, 11) is 0. The lowest BCUT2D eigenvalue weighted by Crippen LogP contribution is -2.37. The molecule has 0 saturated heterocycles. The summed E-state index contributed by atoms with van der Waals surface area (Å²) in [6, 6.07) is -0.0167. The number of aliphatic hydroxyl groups excluding tert-OH is 1. The number of hydrogen-bond donors (Lipinski definition) is 2. The van der Waals surface area contributed by atoms with Gasteiger partial charge in [0.2, 0.25) is 0 Å². The van der Waals surface area contributed by atoms with Crippen LogP contribution in [0.1, 0.15) is 27.2 Å². The van der Waals surface area contributed by atoms with E-state index in [1.54, 1.807) is 0 Å². The minimum Gasteiger partial charge on any atom is -0.444 e. The molecular formula is C11H19NO3. The second-order valence-electron chi connectivity index (χ2n) is 4.82. The molecule has 15 heavy (non-hydrogen) atoms. The third kappa shape index (κ3) is 4.34. The Morgan fingerprint density at radius 3 is 2.67 bits per heavy atom. The van der Waals surface area contributed by atoms with Crippen LogP contribution in [0.15, 0.2) is 12.2 Å². The van der Waals surface area contributed by atoms with Crippen molar-refractivity contribution in [2.75, 3.05) is 6.61 Å². The number of hydrogen-bond acceptors (Lipinski definition) is 3. The van der Waals surface area contributed by atoms with Gasteiger partial charge in [-0.2, -0.15) is 0 Å². The molecule has 0 unspecified atom stereocenters. The fraction of sp³-hybridized carbons (Fsp3) is 0.727. The van der Waals surface area contributed by atoms with Crippen molar-refractivity contribution < 1.29 is 14.6 Å². The molecule has 1 amide bonds. The highest BCUT2D eigenvalue weighted by Crippen LogP contribution is 2.17. The summed E-state index contributed by atoms with van der Waals surface area (Å²) in [5.74, 6) is 0.157. The Morgan fingerprint density at radius 1 is 1.53 bits per heavy atom. The maximum absolute atomic E-state index is 11.4. The third-order valence-electron chi connectivity index (χ3n) is 2.11. The van der Waals surface area contributed by atoms with Crippen molar-refractivity contribution in [3.8, 4) is 0 Å². The van der Waals surface area contributed by atoms with Gasteiger partial charge in [-0.1, -0.05) is 12.2 Å². The molecule has 0 fully saturated rings. The van der Waals surface area contributed by atoms with Crippen LogP contribution in [0.4, 0.5) is 4.79 Å². The minimum atomic E-state index is -0.469. The lowest BCUT2D eigenvalue weighted by molar-refractivity contribution is 0.0511. The van der Waals surface area contributed by atoms with E-state index in [1.807, 2.05) is 32.9 Å². The number of aliphatic hydroxyl groups is 1. The quantitative estimate of drug-likeness (QED) is 0.682. The average molecular weight is 213 g/mol. The van der Waals surface area contributed by atoms with Crippen LogP contribution in [0.25, 0.3) is 0 Å². The van der Waals surface area contributed by atoms with Crippen LogP contribution in [0.5, 0.6) is 0 Å². The summed E-state index contributed by atoms with van der Waals surface area (Å²) in [5.41, 5.74) is -0.469. The van der Waals surface area contributed by atoms with Gasteiger partial charge in [-0.05, 0) is 27.2 Å². The van der Waals surface area contributed by atoms with E-state index < -0.39 is 11.7 Å². The van der Waals surface area contributed by atoms with Crippen molar-refractivity contribution in [3.05, 3.63) is 12.2 Å². The summed E-state index contributed by atoms with van der Waals surface area (Å²) in [6.07, 6.45) is 4.15. The molecule has 0 bridgehead atoms. The molecule has 1 aliphatic rings. The molecule has 4 nitrogen and oxygen atoms in total. The maximum Gasteiger partial charge on any atom is 0.408 e. The van der Waals surface area contributed by atoms with Crippen LogP contribution in [0.2, 0.25) is 0 Å². The Morgan fingerprint density at radius 2 is 2.20 bits per heavy atom. The molecule has 0 radical (unpaired) electrons. The molecule has 0 aliphatic heterocycles. The van der Waals surface area contributed by atoms with Crippen LogP contribution in [0, 0.1) is 5.92 Å². The van der Waals surface area contributed by atoms with Crippen molar-refractivity contribution in [1.29, 1.82) is 0 Å². The zero-order chi connectivity index (χ0) is 11.5. The van der Waals surface area contributed by atoms with Crippen LogP contribution in [-0.4, -0.2) is 29.4 Å². The number of nitrogens with one attached hydrogen (secondary N) is 1. The van der Waals surface area contributed by atoms with E-state index in [1.165, 1.54) is 0 Å². The first-order chi connectivity index (χ1) is 6.90. The van der Waals surface area contributed by atoms with Crippen molar-refractivity contribution in [3.63, 3.8) is 0 Å². The number of alkyl carbamates (subject to hydrolysis) is 1. The van der Waals surface area contributed by atoms with E-state index in [0.29, 0.717) is 0 Å². The van der Waals surface area contributed by atoms with Crippen molar-refractivity contribution >= 4 is 6.09 Å². The van der Waals surface area contributed by atoms with Crippen molar-refractivity contribution in [2.45, 2.75) is 38.8 Å². The van der Waals surface area contributed by atoms with Crippen molar-refractivity contribution in [1.82, 2.24) is 5.32 Å². The predicted molar refractivity (Wildman–Crippen MR) is 57.5 cm³/mol. The first-order valence-corrected chi connectivity index (χ1v) is 5.19. The van der Waals surface area contributed by atoms with E-state index >= 15 is 0 Å². The Labute approximate surface area is 90.3 Å². The van der Waals surface area contributed by atoms with Gasteiger partial charge in [0.25, 0.3) is 0 Å². The van der Waals surface area contributed by atoms with Crippen LogP contribution in [0.3, 0.4) is 0 Å². The van der Waals surface area contributed by atoms with E-state index in [9.17, 15) is 4.79 Å². The highest BCUT2D eigenvalue weighted by molar-refractivity contribution is 5.68. The summed E-state index contributed by atoms with van der Waals surface area (Å²) in [6.45, 7) is 5.61. The highest BCUT2D eigenvalue weighted by Gasteiger charge is 2.22. The summed E-state index contributed by atoms with van der Waals surface area (Å²) in [5, 5.41) is 11.6. The van der Waals surface area contributed by atoms with Crippen LogP contribution < -0.4 is 5.32 Å². The summed E-state index contributed by atoms with van der Waals surface area (Å²) < 4.78 is 5.12. The molecule has 2 atom stereocenters. The summed E-state index contributed by atoms with van der Waals surface area (Å²) >= 11 is 0. The number of carbonyl (C=O) groups excluding carboxylic acids is 1. The first kappa shape index (κ1) is 12.0. The third-order valence-corrected chi connectivity index (χ3v) is 2.11. The fourth-order valence-electron chi connectivity index (χ4n) is 1.48. The summed E-state index contributed by atoms with van der Waals surface area (Å²) in [4.78, 5) is 11.4. The van der Waals surface area contributed by atoms with Gasteiger partial charge in [0.1, 0.15) is 5.60 Å². The zero-order valence-electron chi connectivity index (χ0n) is 9.49. The molecule has 0 aromatic rings. The standard InChI is InChI=1S/C11H19NO3/c1-11(2,3)15-10(14)12-9-5-4-8(6-9)7-13/h4-5,8-9,13H,6-7H2,1-3H3,(H,12,14)/t8-,9-/m0/s1. The number of carbonyl (C=O) groups is 1. The van der Waals surface area contributed by atoms with Gasteiger partial charge in [-0.3, -0.25) is 0 Å². The molecule has 1 aliphatic carbocycles. The number of rotatable bonds is 2. The molecular weight excluding hydrogens is 194 g/mol. The predicted octanol–water partition coefficient (Wildman–Crippen LogP) is 1.45. The van der Waals surface area contributed by atoms with Gasteiger partial charge in [-0.15, -0.1) is 0 Å². The molecule has 0 spiro atoms. The van der Waals surface area contributed by atoms with Gasteiger partial charge < -0.3 is 15.2 Å². The molecule has 0 saturated carbocycles. The Hall–Kier alpha value is -1.03. The molecule has 1 rings (SSSR count). The normalized spacial score (nSPS) is 25.3. The van der Waals surface area contributed by atoms with Gasteiger partial charge in [0.05, 0.1) is 6.04 Å². The van der Waals surface area contributed by atoms with Gasteiger partial charge in [0, 0.05) is 12.5 Å². The van der Waals surface area contributed by atoms with E-state index in [0.717, 1.165) is 6.42 Å². The second kappa shape index (κ2) is 4.66. The van der Waals surface area contributed by atoms with Crippen LogP contribution in [-0.2, 0) is 4.74 Å². The minimum absolute atomic E-state index is 0.0167. The smallest absolute Gasteiger partial charge is 0.408 e. The zero-order valence-corrected chi connectivity index (χ0v) is 9.49. The molecule has 0 aromatic heterocycles. The SMILES string of the molecule is CC(C)(C)OC(=O)N[C@H]1C=C[C@H](CO)C1. The molecule has 2 N–H and O–H groups in total. The monoisotopic (exact) mass is 213 g/mol. The molecule has 0 heterocycles. The lowest BCUT2D eigenvalue weighted by Gasteiger charge is -2.21. The van der Waals surface area contributed by atoms with Crippen molar-refractivity contribution in [2.24, 2.45) is 5.92 Å². The Bertz CT molecular complexity index is 255. The molecule has 86 valence electrons. The van der Waals surface area contributed by atoms with Gasteiger partial charge in [-0.25, -0.2) is 4.79 Å². The van der Waals surface area contributed by atoms with E-state index in [4.69, 9.17) is 9.84 Å². The fourth-order valence-corrected chi connectivity index (χ4v) is 1.48. The molecule has 0 aromatic carbocycles. The van der Waals surface area contributed by atoms with Crippen LogP contribution >= 0.6 is 0 Å². The lowest BCUT2D eigenvalue weighted by atomic mass is 10.1. The van der Waals surface area contributed by atoms with Gasteiger partial charge in [0.15, 0.2) is 0 Å². The highest BCUT2D eigenvalue weighted by atomic mass is 16.6. The first-order valence-electron chi connectivity index (χ1n) is 5.19. The second-order valence-corrected chi connectivity index (χ2v) is 4.82. The topological polar surface area (TPSA) is 58.6 Å². The Kier molecular flexibility index (Phi) is 3.74. The van der Waals surface area contributed by atoms with Gasteiger partial charge >= 0.3 is 6.09 Å².